The maximum Gasteiger partial charge on any atom is 0.274 e. The number of carbonyl (C=O) groups is 1. The van der Waals surface area contributed by atoms with E-state index in [1.807, 2.05) is 6.92 Å². The smallest absolute Gasteiger partial charge is 0.274 e. The zero-order valence-electron chi connectivity index (χ0n) is 17.8. The van der Waals surface area contributed by atoms with Gasteiger partial charge in [0, 0.05) is 29.2 Å². The number of carbonyl (C=O) groups excluding carboxylic acids is 1. The number of nitrogens with one attached hydrogen (secondary N) is 1. The van der Waals surface area contributed by atoms with Crippen LogP contribution in [-0.4, -0.2) is 38.5 Å². The Morgan fingerprint density at radius 1 is 1.27 bits per heavy atom. The lowest BCUT2D eigenvalue weighted by molar-refractivity contribution is 0.102. The fourth-order valence-corrected chi connectivity index (χ4v) is 4.60. The minimum absolute atomic E-state index is 0.308. The number of amides is 1. The summed E-state index contributed by atoms with van der Waals surface area (Å²) >= 11 is 0. The minimum Gasteiger partial charge on any atom is -0.354 e. The second-order valence-corrected chi connectivity index (χ2v) is 9.83. The molecule has 0 spiro atoms. The molecule has 0 bridgehead atoms. The van der Waals surface area contributed by atoms with Crippen molar-refractivity contribution in [2.24, 2.45) is 5.14 Å². The third-order valence-electron chi connectivity index (χ3n) is 5.50. The van der Waals surface area contributed by atoms with E-state index >= 15 is 0 Å². The number of aromatic nitrogens is 2. The average molecular weight is 430 g/mol. The fourth-order valence-electron chi connectivity index (χ4n) is 3.92. The van der Waals surface area contributed by atoms with E-state index in [0.29, 0.717) is 22.3 Å². The van der Waals surface area contributed by atoms with Gasteiger partial charge in [0.2, 0.25) is 0 Å². The van der Waals surface area contributed by atoms with Crippen LogP contribution >= 0.6 is 0 Å². The molecule has 2 aromatic rings. The molecule has 7 nitrogen and oxygen atoms in total. The van der Waals surface area contributed by atoms with Gasteiger partial charge >= 0.3 is 0 Å². The van der Waals surface area contributed by atoms with E-state index in [9.17, 15) is 9.00 Å². The Balaban J connectivity index is 1.80. The Bertz CT molecular complexity index is 1000. The summed E-state index contributed by atoms with van der Waals surface area (Å²) in [5.41, 5.74) is 1.69. The number of anilines is 2. The summed E-state index contributed by atoms with van der Waals surface area (Å²) in [5.74, 6) is 3.99. The van der Waals surface area contributed by atoms with Crippen LogP contribution in [-0.2, 0) is 9.71 Å². The molecular weight excluding hydrogens is 398 g/mol. The SMILES string of the molecule is C=S(N)(=O)c1ccc(NC(=O)c2cc(N(CCC)C3CCCCC3)ncn2)c(C)c1. The predicted octanol–water partition coefficient (Wildman–Crippen LogP) is 3.54. The molecule has 1 amide bonds. The summed E-state index contributed by atoms with van der Waals surface area (Å²) in [4.78, 5) is 24.3. The molecule has 162 valence electrons. The second-order valence-electron chi connectivity index (χ2n) is 7.90. The van der Waals surface area contributed by atoms with Gasteiger partial charge in [0.25, 0.3) is 5.91 Å². The molecule has 1 heterocycles. The van der Waals surface area contributed by atoms with Gasteiger partial charge in [0.05, 0.1) is 9.71 Å². The maximum absolute atomic E-state index is 12.8. The maximum atomic E-state index is 12.8. The molecular formula is C22H31N5O2S. The largest absolute Gasteiger partial charge is 0.354 e. The van der Waals surface area contributed by atoms with Crippen molar-refractivity contribution in [3.63, 3.8) is 0 Å². The normalized spacial score (nSPS) is 16.6. The van der Waals surface area contributed by atoms with E-state index in [1.165, 1.54) is 25.6 Å². The summed E-state index contributed by atoms with van der Waals surface area (Å²) in [6, 6.07) is 7.23. The first-order valence-corrected chi connectivity index (χ1v) is 12.2. The van der Waals surface area contributed by atoms with E-state index in [4.69, 9.17) is 5.14 Å². The Morgan fingerprint density at radius 3 is 2.63 bits per heavy atom. The number of rotatable bonds is 7. The van der Waals surface area contributed by atoms with Crippen LogP contribution in [0.3, 0.4) is 0 Å². The molecule has 1 unspecified atom stereocenters. The lowest BCUT2D eigenvalue weighted by Gasteiger charge is -2.35. The van der Waals surface area contributed by atoms with Crippen molar-refractivity contribution in [2.45, 2.75) is 63.3 Å². The molecule has 0 saturated heterocycles. The van der Waals surface area contributed by atoms with Gasteiger partial charge in [-0.25, -0.2) is 14.2 Å². The van der Waals surface area contributed by atoms with Crippen LogP contribution in [0.2, 0.25) is 0 Å². The van der Waals surface area contributed by atoms with Gasteiger partial charge in [-0.3, -0.25) is 9.93 Å². The van der Waals surface area contributed by atoms with Gasteiger partial charge in [-0.1, -0.05) is 26.2 Å². The fraction of sp³-hybridized carbons (Fsp3) is 0.455. The van der Waals surface area contributed by atoms with Crippen molar-refractivity contribution < 1.29 is 9.00 Å². The zero-order valence-corrected chi connectivity index (χ0v) is 18.6. The van der Waals surface area contributed by atoms with Crippen molar-refractivity contribution in [3.05, 3.63) is 41.9 Å². The van der Waals surface area contributed by atoms with Gasteiger partial charge in [-0.05, 0) is 55.8 Å². The van der Waals surface area contributed by atoms with E-state index in [-0.39, 0.29) is 5.91 Å². The summed E-state index contributed by atoms with van der Waals surface area (Å²) in [6.45, 7) is 4.89. The molecule has 1 aliphatic carbocycles. The van der Waals surface area contributed by atoms with E-state index < -0.39 is 9.71 Å². The number of benzene rings is 1. The van der Waals surface area contributed by atoms with Crippen molar-refractivity contribution in [3.8, 4) is 0 Å². The molecule has 0 aliphatic heterocycles. The van der Waals surface area contributed by atoms with E-state index in [1.54, 1.807) is 24.3 Å². The minimum atomic E-state index is -2.79. The van der Waals surface area contributed by atoms with Crippen LogP contribution in [0.1, 0.15) is 61.5 Å². The Morgan fingerprint density at radius 2 is 2.00 bits per heavy atom. The third-order valence-corrected chi connectivity index (χ3v) is 6.56. The first-order valence-electron chi connectivity index (χ1n) is 10.4. The van der Waals surface area contributed by atoms with Crippen molar-refractivity contribution in [1.82, 2.24) is 9.97 Å². The topological polar surface area (TPSA) is 101 Å². The van der Waals surface area contributed by atoms with Gasteiger partial charge in [0.15, 0.2) is 0 Å². The second kappa shape index (κ2) is 9.57. The highest BCUT2D eigenvalue weighted by Crippen LogP contribution is 2.27. The van der Waals surface area contributed by atoms with E-state index in [0.717, 1.165) is 37.2 Å². The lowest BCUT2D eigenvalue weighted by atomic mass is 9.94. The molecule has 0 radical (unpaired) electrons. The van der Waals surface area contributed by atoms with Crippen molar-refractivity contribution >= 4 is 33.0 Å². The highest BCUT2D eigenvalue weighted by molar-refractivity contribution is 7.98. The Kier molecular flexibility index (Phi) is 7.10. The summed E-state index contributed by atoms with van der Waals surface area (Å²) in [7, 11) is -2.79. The highest BCUT2D eigenvalue weighted by Gasteiger charge is 2.23. The zero-order chi connectivity index (χ0) is 21.7. The summed E-state index contributed by atoms with van der Waals surface area (Å²) in [5, 5.41) is 8.49. The predicted molar refractivity (Wildman–Crippen MR) is 123 cm³/mol. The molecule has 30 heavy (non-hydrogen) atoms. The van der Waals surface area contributed by atoms with Gasteiger partial charge in [-0.2, -0.15) is 0 Å². The van der Waals surface area contributed by atoms with Crippen molar-refractivity contribution in [2.75, 3.05) is 16.8 Å². The van der Waals surface area contributed by atoms with Crippen molar-refractivity contribution in [1.29, 1.82) is 0 Å². The van der Waals surface area contributed by atoms with Crippen LogP contribution < -0.4 is 15.4 Å². The van der Waals surface area contributed by atoms with E-state index in [2.05, 4.69) is 33.0 Å². The average Bonchev–Trinajstić information content (AvgIpc) is 2.73. The Hall–Kier alpha value is -2.45. The third kappa shape index (κ3) is 5.37. The molecule has 1 aliphatic rings. The molecule has 1 fully saturated rings. The van der Waals surface area contributed by atoms with Gasteiger partial charge in [0.1, 0.15) is 17.8 Å². The summed E-state index contributed by atoms with van der Waals surface area (Å²) in [6.07, 6.45) is 8.56. The molecule has 1 atom stereocenters. The number of aryl methyl sites for hydroxylation is 1. The molecule has 1 saturated carbocycles. The number of nitrogens with two attached hydrogens (primary N) is 1. The van der Waals surface area contributed by atoms with Crippen LogP contribution in [0, 0.1) is 6.92 Å². The lowest BCUT2D eigenvalue weighted by Crippen LogP contribution is -2.38. The quantitative estimate of drug-likeness (QED) is 0.656. The molecule has 1 aromatic heterocycles. The van der Waals surface area contributed by atoms with Crippen LogP contribution in [0.5, 0.6) is 0 Å². The number of hydrogen-bond donors (Lipinski definition) is 2. The molecule has 1 aromatic carbocycles. The number of hydrogen-bond acceptors (Lipinski definition) is 5. The van der Waals surface area contributed by atoms with Crippen LogP contribution in [0.15, 0.2) is 35.5 Å². The number of nitrogens with zero attached hydrogens (tertiary/aromatic N) is 3. The van der Waals surface area contributed by atoms with Crippen LogP contribution in [0.25, 0.3) is 0 Å². The molecule has 3 rings (SSSR count). The highest BCUT2D eigenvalue weighted by atomic mass is 32.2. The molecule has 3 N–H and O–H groups in total. The first-order chi connectivity index (χ1) is 14.3. The summed E-state index contributed by atoms with van der Waals surface area (Å²) < 4.78 is 11.9. The Labute approximate surface area is 179 Å². The standard InChI is InChI=1S/C22H31N5O2S/c1-4-12-27(17-8-6-5-7-9-17)21-14-20(24-15-25-21)22(28)26-19-11-10-18(13-16(19)2)30(3,23)29/h10-11,13-15,17H,3-9,12H2,1-2H3,(H2,23,29)(H,26,28). The van der Waals surface area contributed by atoms with Crippen LogP contribution in [0.4, 0.5) is 11.5 Å². The molecule has 8 heteroatoms. The first kappa shape index (κ1) is 22.2. The van der Waals surface area contributed by atoms with Gasteiger partial charge in [-0.15, -0.1) is 0 Å². The van der Waals surface area contributed by atoms with Gasteiger partial charge < -0.3 is 10.2 Å². The monoisotopic (exact) mass is 429 g/mol.